The summed E-state index contributed by atoms with van der Waals surface area (Å²) in [4.78, 5) is 35.7. The first-order valence-electron chi connectivity index (χ1n) is 9.08. The largest absolute Gasteiger partial charge is 0.455 e. The molecule has 4 atom stereocenters. The Morgan fingerprint density at radius 2 is 1.83 bits per heavy atom. The summed E-state index contributed by atoms with van der Waals surface area (Å²) in [6.45, 7) is 0. The van der Waals surface area contributed by atoms with E-state index in [0.29, 0.717) is 17.1 Å². The molecule has 2 aromatic rings. The minimum absolute atomic E-state index is 0.0344. The molecule has 0 N–H and O–H groups in total. The third-order valence-corrected chi connectivity index (χ3v) is 6.12. The number of imide groups is 1. The summed E-state index contributed by atoms with van der Waals surface area (Å²) in [7, 11) is 0. The molecule has 2 aliphatic carbocycles. The van der Waals surface area contributed by atoms with Crippen LogP contribution < -0.4 is 0 Å². The number of hydrogen-bond donors (Lipinski definition) is 0. The van der Waals surface area contributed by atoms with Gasteiger partial charge in [-0.1, -0.05) is 23.8 Å². The van der Waals surface area contributed by atoms with Crippen LogP contribution in [-0.4, -0.2) is 28.0 Å². The number of amides is 2. The summed E-state index contributed by atoms with van der Waals surface area (Å²) < 4.78 is 5.65. The molecule has 0 spiro atoms. The van der Waals surface area contributed by atoms with Crippen molar-refractivity contribution in [2.24, 2.45) is 28.8 Å². The Balaban J connectivity index is 1.37. The van der Waals surface area contributed by atoms with E-state index in [-0.39, 0.29) is 46.2 Å². The Morgan fingerprint density at radius 1 is 1.14 bits per heavy atom. The number of carbonyl (C=O) groups excluding carboxylic acids is 2. The molecule has 2 heterocycles. The van der Waals surface area contributed by atoms with Crippen LogP contribution in [0.15, 0.2) is 52.0 Å². The molecule has 29 heavy (non-hydrogen) atoms. The fourth-order valence-electron chi connectivity index (χ4n) is 4.50. The van der Waals surface area contributed by atoms with Crippen LogP contribution in [0.1, 0.15) is 12.2 Å². The lowest BCUT2D eigenvalue weighted by molar-refractivity contribution is -0.384. The first-order valence-corrected chi connectivity index (χ1v) is 9.46. The summed E-state index contributed by atoms with van der Waals surface area (Å²) in [5.74, 6) is -0.217. The SMILES string of the molecule is O=C1[C@@H]2[C@H](C(=O)N1/N=C\c1ccc(-c3ccc(Cl)c([N+](=O)[O-])c3)o1)[C@@H]1C=C[C@@H]2C1. The van der Waals surface area contributed by atoms with Gasteiger partial charge in [0.25, 0.3) is 17.5 Å². The Morgan fingerprint density at radius 3 is 2.48 bits per heavy atom. The number of halogens is 1. The number of fused-ring (bicyclic) bond motifs is 5. The third kappa shape index (κ3) is 2.71. The summed E-state index contributed by atoms with van der Waals surface area (Å²) in [5, 5.41) is 16.1. The van der Waals surface area contributed by atoms with Crippen LogP contribution in [0, 0.1) is 33.8 Å². The molecule has 2 fully saturated rings. The highest BCUT2D eigenvalue weighted by Crippen LogP contribution is 2.52. The van der Waals surface area contributed by atoms with E-state index in [2.05, 4.69) is 5.10 Å². The fraction of sp³-hybridized carbons (Fsp3) is 0.250. The van der Waals surface area contributed by atoms with E-state index < -0.39 is 4.92 Å². The second kappa shape index (κ2) is 6.38. The van der Waals surface area contributed by atoms with Crippen LogP contribution >= 0.6 is 11.6 Å². The molecule has 2 bridgehead atoms. The van der Waals surface area contributed by atoms with Gasteiger partial charge in [0, 0.05) is 11.6 Å². The maximum atomic E-state index is 12.6. The van der Waals surface area contributed by atoms with Gasteiger partial charge in [-0.25, -0.2) is 0 Å². The lowest BCUT2D eigenvalue weighted by Gasteiger charge is -2.13. The van der Waals surface area contributed by atoms with Crippen molar-refractivity contribution >= 4 is 35.3 Å². The molecular weight excluding hydrogens is 398 g/mol. The van der Waals surface area contributed by atoms with E-state index in [0.717, 1.165) is 11.4 Å². The number of hydrazone groups is 1. The van der Waals surface area contributed by atoms with E-state index in [1.807, 2.05) is 12.2 Å². The number of benzene rings is 1. The van der Waals surface area contributed by atoms with Crippen molar-refractivity contribution in [1.82, 2.24) is 5.01 Å². The fourth-order valence-corrected chi connectivity index (χ4v) is 4.68. The van der Waals surface area contributed by atoms with Crippen LogP contribution in [0.25, 0.3) is 11.3 Å². The highest BCUT2D eigenvalue weighted by atomic mass is 35.5. The van der Waals surface area contributed by atoms with Crippen molar-refractivity contribution in [2.75, 3.05) is 0 Å². The highest BCUT2D eigenvalue weighted by molar-refractivity contribution is 6.32. The second-order valence-corrected chi connectivity index (χ2v) is 7.77. The number of nitro benzene ring substituents is 1. The zero-order chi connectivity index (χ0) is 20.3. The average Bonchev–Trinajstić information content (AvgIpc) is 3.46. The van der Waals surface area contributed by atoms with Gasteiger partial charge in [-0.05, 0) is 42.5 Å². The van der Waals surface area contributed by atoms with E-state index >= 15 is 0 Å². The lowest BCUT2D eigenvalue weighted by atomic mass is 9.85. The highest BCUT2D eigenvalue weighted by Gasteiger charge is 2.59. The number of allylic oxidation sites excluding steroid dienone is 2. The third-order valence-electron chi connectivity index (χ3n) is 5.80. The van der Waals surface area contributed by atoms with Gasteiger partial charge in [-0.3, -0.25) is 19.7 Å². The van der Waals surface area contributed by atoms with E-state index in [1.54, 1.807) is 18.2 Å². The summed E-state index contributed by atoms with van der Waals surface area (Å²) in [6.07, 6.45) is 6.21. The smallest absolute Gasteiger partial charge is 0.288 e. The van der Waals surface area contributed by atoms with Crippen molar-refractivity contribution in [3.63, 3.8) is 0 Å². The van der Waals surface area contributed by atoms with Crippen molar-refractivity contribution in [3.8, 4) is 11.3 Å². The van der Waals surface area contributed by atoms with Crippen LogP contribution in [0.3, 0.4) is 0 Å². The lowest BCUT2D eigenvalue weighted by Crippen LogP contribution is -2.28. The van der Waals surface area contributed by atoms with Gasteiger partial charge >= 0.3 is 0 Å². The van der Waals surface area contributed by atoms with Crippen molar-refractivity contribution in [1.29, 1.82) is 0 Å². The van der Waals surface area contributed by atoms with Crippen LogP contribution in [-0.2, 0) is 9.59 Å². The number of furan rings is 1. The number of rotatable bonds is 4. The summed E-state index contributed by atoms with van der Waals surface area (Å²) in [5.41, 5.74) is 0.255. The molecule has 2 amide bonds. The maximum absolute atomic E-state index is 12.6. The minimum atomic E-state index is -0.569. The Labute approximate surface area is 169 Å². The molecule has 0 unspecified atom stereocenters. The zero-order valence-corrected chi connectivity index (χ0v) is 15.7. The van der Waals surface area contributed by atoms with Gasteiger partial charge in [-0.15, -0.1) is 0 Å². The van der Waals surface area contributed by atoms with Gasteiger partial charge in [0.2, 0.25) is 0 Å². The van der Waals surface area contributed by atoms with E-state index in [9.17, 15) is 19.7 Å². The zero-order valence-electron chi connectivity index (χ0n) is 14.9. The number of nitrogens with zero attached hydrogens (tertiary/aromatic N) is 3. The summed E-state index contributed by atoms with van der Waals surface area (Å²) >= 11 is 5.83. The van der Waals surface area contributed by atoms with Gasteiger partial charge in [-0.2, -0.15) is 10.1 Å². The molecule has 5 rings (SSSR count). The van der Waals surface area contributed by atoms with Gasteiger partial charge < -0.3 is 4.42 Å². The molecule has 1 aromatic carbocycles. The molecule has 8 nitrogen and oxygen atoms in total. The van der Waals surface area contributed by atoms with Crippen molar-refractivity contribution in [3.05, 3.63) is 63.4 Å². The molecule has 1 saturated carbocycles. The summed E-state index contributed by atoms with van der Waals surface area (Å²) in [6, 6.07) is 7.58. The number of hydrogen-bond acceptors (Lipinski definition) is 6. The first kappa shape index (κ1) is 17.8. The van der Waals surface area contributed by atoms with E-state index in [1.165, 1.54) is 18.3 Å². The Hall–Kier alpha value is -3.26. The normalized spacial score (nSPS) is 27.4. The van der Waals surface area contributed by atoms with Gasteiger partial charge in [0.1, 0.15) is 16.5 Å². The second-order valence-electron chi connectivity index (χ2n) is 7.36. The maximum Gasteiger partial charge on any atom is 0.288 e. The predicted octanol–water partition coefficient (Wildman–Crippen LogP) is 3.65. The predicted molar refractivity (Wildman–Crippen MR) is 103 cm³/mol. The molecule has 1 saturated heterocycles. The van der Waals surface area contributed by atoms with Crippen molar-refractivity contribution < 1.29 is 18.9 Å². The quantitative estimate of drug-likeness (QED) is 0.251. The standard InChI is InChI=1S/C20H14ClN3O5/c21-14-5-3-10(8-15(14)24(27)28)16-6-4-13(29-16)9-22-23-19(25)17-11-1-2-12(7-11)18(17)20(23)26/h1-6,8-9,11-12,17-18H,7H2/b22-9-/t11-,12-,17-,18+/m1/s1. The molecule has 146 valence electrons. The Bertz CT molecular complexity index is 1090. The van der Waals surface area contributed by atoms with Crippen LogP contribution in [0.2, 0.25) is 5.02 Å². The molecule has 0 radical (unpaired) electrons. The van der Waals surface area contributed by atoms with Crippen LogP contribution in [0.4, 0.5) is 5.69 Å². The Kier molecular flexibility index (Phi) is 3.92. The van der Waals surface area contributed by atoms with Gasteiger partial charge in [0.05, 0.1) is 23.0 Å². The molecule has 1 aliphatic heterocycles. The molecule has 9 heteroatoms. The number of carbonyl (C=O) groups is 2. The first-order chi connectivity index (χ1) is 13.9. The topological polar surface area (TPSA) is 106 Å². The van der Waals surface area contributed by atoms with Gasteiger partial charge in [0.15, 0.2) is 0 Å². The van der Waals surface area contributed by atoms with Crippen molar-refractivity contribution in [2.45, 2.75) is 6.42 Å². The van der Waals surface area contributed by atoms with E-state index in [4.69, 9.17) is 16.0 Å². The molecular formula is C20H14ClN3O5. The monoisotopic (exact) mass is 411 g/mol. The molecule has 3 aliphatic rings. The number of nitro groups is 1. The van der Waals surface area contributed by atoms with Crippen LogP contribution in [0.5, 0.6) is 0 Å². The molecule has 1 aromatic heterocycles. The average molecular weight is 412 g/mol. The minimum Gasteiger partial charge on any atom is -0.455 e.